The summed E-state index contributed by atoms with van der Waals surface area (Å²) in [5, 5.41) is 26.2. The SMILES string of the molecule is C=C(C)C(=O)OC(CO)OP(=O)(OCCO)OCCO. The Bertz CT molecular complexity index is 345. The van der Waals surface area contributed by atoms with Gasteiger partial charge >= 0.3 is 13.8 Å². The molecule has 0 rings (SSSR count). The molecular formula is C10H19O9P. The Morgan fingerprint density at radius 3 is 2.05 bits per heavy atom. The van der Waals surface area contributed by atoms with Gasteiger partial charge in [0.25, 0.3) is 0 Å². The minimum atomic E-state index is -4.20. The molecule has 0 heterocycles. The third-order valence-electron chi connectivity index (χ3n) is 1.66. The second-order valence-electron chi connectivity index (χ2n) is 3.46. The molecule has 0 aliphatic carbocycles. The third kappa shape index (κ3) is 7.71. The van der Waals surface area contributed by atoms with Crippen LogP contribution in [0.1, 0.15) is 6.92 Å². The molecule has 0 amide bonds. The molecule has 0 aromatic heterocycles. The van der Waals surface area contributed by atoms with Crippen molar-refractivity contribution in [2.24, 2.45) is 0 Å². The number of ether oxygens (including phenoxy) is 1. The molecule has 0 aliphatic rings. The Morgan fingerprint density at radius 1 is 1.20 bits per heavy atom. The van der Waals surface area contributed by atoms with Gasteiger partial charge in [0, 0.05) is 5.57 Å². The van der Waals surface area contributed by atoms with Crippen molar-refractivity contribution in [3.8, 4) is 0 Å². The summed E-state index contributed by atoms with van der Waals surface area (Å²) in [5.74, 6) is -0.861. The standard InChI is InChI=1S/C10H19O9P/c1-8(2)10(14)18-9(7-13)19-20(15,16-5-3-11)17-6-4-12/h9,11-13H,1,3-7H2,2H3. The van der Waals surface area contributed by atoms with Gasteiger partial charge in [-0.3, -0.25) is 9.05 Å². The number of rotatable bonds is 11. The second kappa shape index (κ2) is 10.0. The van der Waals surface area contributed by atoms with E-state index in [1.807, 2.05) is 0 Å². The zero-order chi connectivity index (χ0) is 15.6. The van der Waals surface area contributed by atoms with Gasteiger partial charge in [0.2, 0.25) is 6.29 Å². The molecule has 1 atom stereocenters. The van der Waals surface area contributed by atoms with Gasteiger partial charge in [0.15, 0.2) is 0 Å². The average Bonchev–Trinajstić information content (AvgIpc) is 2.42. The molecule has 0 spiro atoms. The average molecular weight is 314 g/mol. The molecule has 0 aliphatic heterocycles. The number of phosphoric ester groups is 1. The van der Waals surface area contributed by atoms with Crippen molar-refractivity contribution >= 4 is 13.8 Å². The molecule has 9 nitrogen and oxygen atoms in total. The van der Waals surface area contributed by atoms with Crippen molar-refractivity contribution < 1.29 is 43.0 Å². The first-order chi connectivity index (χ1) is 9.38. The maximum absolute atomic E-state index is 12.0. The minimum Gasteiger partial charge on any atom is -0.429 e. The van der Waals surface area contributed by atoms with E-state index in [0.717, 1.165) is 0 Å². The first-order valence-corrected chi connectivity index (χ1v) is 7.11. The second-order valence-corrected chi connectivity index (χ2v) is 5.09. The predicted molar refractivity (Wildman–Crippen MR) is 66.5 cm³/mol. The smallest absolute Gasteiger partial charge is 0.429 e. The summed E-state index contributed by atoms with van der Waals surface area (Å²) in [6.07, 6.45) is -1.59. The Kier molecular flexibility index (Phi) is 9.60. The number of hydrogen-bond acceptors (Lipinski definition) is 9. The van der Waals surface area contributed by atoms with Crippen LogP contribution in [0.5, 0.6) is 0 Å². The summed E-state index contributed by atoms with van der Waals surface area (Å²) in [7, 11) is -4.20. The maximum Gasteiger partial charge on any atom is 0.478 e. The Morgan fingerprint density at radius 2 is 1.70 bits per heavy atom. The van der Waals surface area contributed by atoms with Gasteiger partial charge in [0.05, 0.1) is 26.4 Å². The van der Waals surface area contributed by atoms with Crippen molar-refractivity contribution in [3.63, 3.8) is 0 Å². The highest BCUT2D eigenvalue weighted by Crippen LogP contribution is 2.50. The van der Waals surface area contributed by atoms with E-state index in [9.17, 15) is 9.36 Å². The van der Waals surface area contributed by atoms with Gasteiger partial charge in [-0.1, -0.05) is 6.58 Å². The highest BCUT2D eigenvalue weighted by molar-refractivity contribution is 7.48. The van der Waals surface area contributed by atoms with Crippen LogP contribution in [0.25, 0.3) is 0 Å². The van der Waals surface area contributed by atoms with E-state index < -0.39 is 39.9 Å². The van der Waals surface area contributed by atoms with Crippen molar-refractivity contribution in [1.82, 2.24) is 0 Å². The van der Waals surface area contributed by atoms with E-state index in [2.05, 4.69) is 20.4 Å². The third-order valence-corrected chi connectivity index (χ3v) is 3.16. The number of hydrogen-bond donors (Lipinski definition) is 3. The lowest BCUT2D eigenvalue weighted by Crippen LogP contribution is -2.25. The quantitative estimate of drug-likeness (QED) is 0.201. The van der Waals surface area contributed by atoms with Crippen LogP contribution < -0.4 is 0 Å². The van der Waals surface area contributed by atoms with Crippen LogP contribution in [-0.4, -0.2) is 60.6 Å². The number of carbonyl (C=O) groups excluding carboxylic acids is 1. The molecule has 0 radical (unpaired) electrons. The molecule has 10 heteroatoms. The molecule has 0 aromatic rings. The monoisotopic (exact) mass is 314 g/mol. The number of aliphatic hydroxyl groups is 3. The molecule has 118 valence electrons. The van der Waals surface area contributed by atoms with Crippen LogP contribution in [-0.2, 0) is 27.7 Å². The first kappa shape index (κ1) is 19.2. The maximum atomic E-state index is 12.0. The van der Waals surface area contributed by atoms with Crippen molar-refractivity contribution in [3.05, 3.63) is 12.2 Å². The summed E-state index contributed by atoms with van der Waals surface area (Å²) in [6, 6.07) is 0. The lowest BCUT2D eigenvalue weighted by atomic mass is 10.4. The normalized spacial score (nSPS) is 13.0. The fourth-order valence-electron chi connectivity index (χ4n) is 0.859. The van der Waals surface area contributed by atoms with Gasteiger partial charge in [0.1, 0.15) is 6.61 Å². The van der Waals surface area contributed by atoms with Gasteiger partial charge in [-0.2, -0.15) is 0 Å². The first-order valence-electron chi connectivity index (χ1n) is 5.65. The molecule has 0 aromatic carbocycles. The van der Waals surface area contributed by atoms with Crippen LogP contribution in [0.4, 0.5) is 0 Å². The highest BCUT2D eigenvalue weighted by atomic mass is 31.2. The van der Waals surface area contributed by atoms with E-state index in [0.29, 0.717) is 0 Å². The zero-order valence-electron chi connectivity index (χ0n) is 11.1. The van der Waals surface area contributed by atoms with Crippen molar-refractivity contribution in [2.75, 3.05) is 33.0 Å². The number of phosphoric acid groups is 1. The largest absolute Gasteiger partial charge is 0.478 e. The molecule has 0 saturated heterocycles. The lowest BCUT2D eigenvalue weighted by Gasteiger charge is -2.22. The molecular weight excluding hydrogens is 295 g/mol. The summed E-state index contributed by atoms with van der Waals surface area (Å²) in [4.78, 5) is 11.3. The van der Waals surface area contributed by atoms with Gasteiger partial charge in [-0.25, -0.2) is 13.9 Å². The summed E-state index contributed by atoms with van der Waals surface area (Å²) < 4.78 is 30.8. The predicted octanol–water partition coefficient (Wildman–Crippen LogP) is -0.433. The Labute approximate surface area is 116 Å². The fraction of sp³-hybridized carbons (Fsp3) is 0.700. The van der Waals surface area contributed by atoms with Gasteiger partial charge < -0.3 is 20.1 Å². The summed E-state index contributed by atoms with van der Waals surface area (Å²) >= 11 is 0. The fourth-order valence-corrected chi connectivity index (χ4v) is 2.06. The van der Waals surface area contributed by atoms with Gasteiger partial charge in [-0.15, -0.1) is 0 Å². The van der Waals surface area contributed by atoms with Crippen LogP contribution in [0.3, 0.4) is 0 Å². The van der Waals surface area contributed by atoms with Crippen molar-refractivity contribution in [1.29, 1.82) is 0 Å². The van der Waals surface area contributed by atoms with E-state index in [1.165, 1.54) is 6.92 Å². The lowest BCUT2D eigenvalue weighted by molar-refractivity contribution is -0.167. The molecule has 3 N–H and O–H groups in total. The Balaban J connectivity index is 4.68. The van der Waals surface area contributed by atoms with Crippen LogP contribution in [0.15, 0.2) is 12.2 Å². The van der Waals surface area contributed by atoms with Crippen LogP contribution in [0.2, 0.25) is 0 Å². The number of carbonyl (C=O) groups is 1. The van der Waals surface area contributed by atoms with E-state index in [4.69, 9.17) is 19.8 Å². The molecule has 20 heavy (non-hydrogen) atoms. The van der Waals surface area contributed by atoms with E-state index in [1.54, 1.807) is 0 Å². The number of esters is 1. The molecule has 0 fully saturated rings. The van der Waals surface area contributed by atoms with Crippen molar-refractivity contribution in [2.45, 2.75) is 13.2 Å². The summed E-state index contributed by atoms with van der Waals surface area (Å²) in [6.45, 7) is 2.27. The van der Waals surface area contributed by atoms with Gasteiger partial charge in [-0.05, 0) is 6.92 Å². The van der Waals surface area contributed by atoms with E-state index >= 15 is 0 Å². The zero-order valence-corrected chi connectivity index (χ0v) is 12.0. The van der Waals surface area contributed by atoms with Crippen LogP contribution >= 0.6 is 7.82 Å². The molecule has 1 unspecified atom stereocenters. The molecule has 0 bridgehead atoms. The van der Waals surface area contributed by atoms with Crippen LogP contribution in [0, 0.1) is 0 Å². The minimum absolute atomic E-state index is 0.0504. The summed E-state index contributed by atoms with van der Waals surface area (Å²) in [5.41, 5.74) is 0.0504. The molecule has 0 saturated carbocycles. The van der Waals surface area contributed by atoms with E-state index in [-0.39, 0.29) is 18.8 Å². The topological polar surface area (TPSA) is 132 Å². The Hall–Kier alpha value is -0.800. The highest BCUT2D eigenvalue weighted by Gasteiger charge is 2.32. The number of aliphatic hydroxyl groups excluding tert-OH is 3.